The van der Waals surface area contributed by atoms with E-state index >= 15 is 0 Å². The van der Waals surface area contributed by atoms with Crippen molar-refractivity contribution in [1.29, 1.82) is 0 Å². The first-order chi connectivity index (χ1) is 12.2. The molecule has 2 heterocycles. The largest absolute Gasteiger partial charge is 0.462 e. The normalized spacial score (nSPS) is 17.9. The summed E-state index contributed by atoms with van der Waals surface area (Å²) in [7, 11) is 0. The Morgan fingerprint density at radius 1 is 1.32 bits per heavy atom. The average molecular weight is 342 g/mol. The number of nitrogens with zero attached hydrogens (tertiary/aromatic N) is 4. The smallest absolute Gasteiger partial charge is 0.338 e. The summed E-state index contributed by atoms with van der Waals surface area (Å²) in [5, 5.41) is 13.7. The van der Waals surface area contributed by atoms with Crippen molar-refractivity contribution >= 4 is 11.7 Å². The van der Waals surface area contributed by atoms with Gasteiger partial charge in [0.05, 0.1) is 23.9 Å². The van der Waals surface area contributed by atoms with Crippen molar-refractivity contribution in [2.24, 2.45) is 0 Å². The van der Waals surface area contributed by atoms with Crippen LogP contribution in [-0.4, -0.2) is 39.3 Å². The van der Waals surface area contributed by atoms with E-state index in [1.54, 1.807) is 49.6 Å². The first kappa shape index (κ1) is 17.3. The minimum Gasteiger partial charge on any atom is -0.462 e. The zero-order chi connectivity index (χ0) is 17.6. The third-order valence-corrected chi connectivity index (χ3v) is 4.19. The average Bonchev–Trinajstić information content (AvgIpc) is 2.68. The molecule has 1 unspecified atom stereocenters. The SMILES string of the molecule is CCOC(=O)c1cccc(N(O)N2CCCCC2c2ncccn2)c1. The first-order valence-electron chi connectivity index (χ1n) is 8.50. The number of anilines is 1. The second-order valence-electron chi connectivity index (χ2n) is 5.84. The van der Waals surface area contributed by atoms with E-state index in [2.05, 4.69) is 9.97 Å². The Labute approximate surface area is 146 Å². The van der Waals surface area contributed by atoms with Crippen molar-refractivity contribution in [1.82, 2.24) is 15.0 Å². The van der Waals surface area contributed by atoms with Gasteiger partial charge < -0.3 is 4.74 Å². The quantitative estimate of drug-likeness (QED) is 0.661. The van der Waals surface area contributed by atoms with Gasteiger partial charge in [-0.05, 0) is 44.0 Å². The van der Waals surface area contributed by atoms with E-state index in [-0.39, 0.29) is 6.04 Å². The molecule has 25 heavy (non-hydrogen) atoms. The highest BCUT2D eigenvalue weighted by Gasteiger charge is 2.30. The number of aromatic nitrogens is 2. The van der Waals surface area contributed by atoms with E-state index in [4.69, 9.17) is 4.74 Å². The summed E-state index contributed by atoms with van der Waals surface area (Å²) in [6, 6.07) is 8.43. The molecule has 1 aliphatic heterocycles. The maximum absolute atomic E-state index is 11.9. The summed E-state index contributed by atoms with van der Waals surface area (Å²) in [6.45, 7) is 2.76. The minimum atomic E-state index is -0.403. The van der Waals surface area contributed by atoms with Gasteiger partial charge in [0.15, 0.2) is 0 Å². The molecule has 1 aromatic carbocycles. The molecule has 132 valence electrons. The Morgan fingerprint density at radius 2 is 2.12 bits per heavy atom. The molecule has 0 saturated carbocycles. The molecule has 7 nitrogen and oxygen atoms in total. The monoisotopic (exact) mass is 342 g/mol. The van der Waals surface area contributed by atoms with Gasteiger partial charge in [-0.25, -0.2) is 14.8 Å². The van der Waals surface area contributed by atoms with E-state index in [1.165, 1.54) is 0 Å². The Hall–Kier alpha value is -2.51. The van der Waals surface area contributed by atoms with Gasteiger partial charge in [-0.1, -0.05) is 12.5 Å². The number of ether oxygens (including phenoxy) is 1. The number of rotatable bonds is 5. The standard InChI is InChI=1S/C18H22N4O3/c1-2-25-18(23)14-7-5-8-15(13-14)22(24)21-12-4-3-9-16(21)17-19-10-6-11-20-17/h5-8,10-11,13,16,24H,2-4,9,12H2,1H3. The Morgan fingerprint density at radius 3 is 2.88 bits per heavy atom. The van der Waals surface area contributed by atoms with Crippen molar-refractivity contribution in [3.05, 3.63) is 54.1 Å². The number of carbonyl (C=O) groups is 1. The molecule has 2 aromatic rings. The van der Waals surface area contributed by atoms with Crippen LogP contribution in [0.1, 0.15) is 48.4 Å². The van der Waals surface area contributed by atoms with E-state index in [9.17, 15) is 10.0 Å². The fraction of sp³-hybridized carbons (Fsp3) is 0.389. The van der Waals surface area contributed by atoms with Gasteiger partial charge in [0.1, 0.15) is 5.82 Å². The highest BCUT2D eigenvalue weighted by molar-refractivity contribution is 5.90. The van der Waals surface area contributed by atoms with Gasteiger partial charge in [-0.3, -0.25) is 5.21 Å². The van der Waals surface area contributed by atoms with Crippen molar-refractivity contribution in [2.45, 2.75) is 32.2 Å². The van der Waals surface area contributed by atoms with Crippen LogP contribution in [0.15, 0.2) is 42.7 Å². The molecule has 0 aliphatic carbocycles. The lowest BCUT2D eigenvalue weighted by molar-refractivity contribution is 0.00661. The van der Waals surface area contributed by atoms with Crippen LogP contribution in [0.4, 0.5) is 5.69 Å². The zero-order valence-electron chi connectivity index (χ0n) is 14.2. The summed E-state index contributed by atoms with van der Waals surface area (Å²) in [5.74, 6) is 0.280. The summed E-state index contributed by atoms with van der Waals surface area (Å²) >= 11 is 0. The number of hydrogen-bond donors (Lipinski definition) is 1. The fourth-order valence-electron chi connectivity index (χ4n) is 3.01. The number of hydrazine groups is 1. The molecule has 0 spiro atoms. The van der Waals surface area contributed by atoms with Gasteiger partial charge in [-0.2, -0.15) is 10.2 Å². The molecular weight excluding hydrogens is 320 g/mol. The lowest BCUT2D eigenvalue weighted by atomic mass is 10.0. The Balaban J connectivity index is 1.84. The van der Waals surface area contributed by atoms with Crippen LogP contribution in [0.5, 0.6) is 0 Å². The lowest BCUT2D eigenvalue weighted by Crippen LogP contribution is -2.46. The fourth-order valence-corrected chi connectivity index (χ4v) is 3.01. The van der Waals surface area contributed by atoms with Crippen LogP contribution < -0.4 is 5.17 Å². The lowest BCUT2D eigenvalue weighted by Gasteiger charge is -2.39. The highest BCUT2D eigenvalue weighted by Crippen LogP contribution is 2.31. The number of piperidine rings is 1. The number of benzene rings is 1. The van der Waals surface area contributed by atoms with Gasteiger partial charge in [0, 0.05) is 18.9 Å². The van der Waals surface area contributed by atoms with Gasteiger partial charge >= 0.3 is 5.97 Å². The molecule has 0 radical (unpaired) electrons. The maximum atomic E-state index is 11.9. The van der Waals surface area contributed by atoms with E-state index in [1.807, 2.05) is 5.01 Å². The first-order valence-corrected chi connectivity index (χ1v) is 8.50. The number of carbonyl (C=O) groups excluding carboxylic acids is 1. The molecule has 3 rings (SSSR count). The van der Waals surface area contributed by atoms with E-state index in [0.29, 0.717) is 30.2 Å². The van der Waals surface area contributed by atoms with Crippen LogP contribution in [0, 0.1) is 0 Å². The van der Waals surface area contributed by atoms with Crippen LogP contribution in [0.3, 0.4) is 0 Å². The van der Waals surface area contributed by atoms with Gasteiger partial charge in [0.25, 0.3) is 0 Å². The molecule has 1 aromatic heterocycles. The van der Waals surface area contributed by atoms with Gasteiger partial charge in [-0.15, -0.1) is 0 Å². The van der Waals surface area contributed by atoms with Crippen LogP contribution in [0.25, 0.3) is 0 Å². The zero-order valence-corrected chi connectivity index (χ0v) is 14.2. The summed E-state index contributed by atoms with van der Waals surface area (Å²) < 4.78 is 5.03. The molecule has 7 heteroatoms. The maximum Gasteiger partial charge on any atom is 0.338 e. The number of esters is 1. The summed E-state index contributed by atoms with van der Waals surface area (Å²) in [5.41, 5.74) is 0.913. The number of hydrogen-bond acceptors (Lipinski definition) is 7. The third-order valence-electron chi connectivity index (χ3n) is 4.19. The van der Waals surface area contributed by atoms with Crippen LogP contribution in [0.2, 0.25) is 0 Å². The molecule has 1 N–H and O–H groups in total. The van der Waals surface area contributed by atoms with E-state index in [0.717, 1.165) is 24.4 Å². The molecule has 1 saturated heterocycles. The predicted molar refractivity (Wildman–Crippen MR) is 92.0 cm³/mol. The van der Waals surface area contributed by atoms with Gasteiger partial charge in [0.2, 0.25) is 0 Å². The second kappa shape index (κ2) is 8.04. The topological polar surface area (TPSA) is 78.8 Å². The second-order valence-corrected chi connectivity index (χ2v) is 5.84. The molecule has 1 fully saturated rings. The molecule has 1 atom stereocenters. The Bertz CT molecular complexity index is 710. The molecular formula is C18H22N4O3. The van der Waals surface area contributed by atoms with Crippen LogP contribution >= 0.6 is 0 Å². The third kappa shape index (κ3) is 3.94. The van der Waals surface area contributed by atoms with Crippen LogP contribution in [-0.2, 0) is 4.74 Å². The van der Waals surface area contributed by atoms with Crippen molar-refractivity contribution in [3.63, 3.8) is 0 Å². The minimum absolute atomic E-state index is 0.105. The Kier molecular flexibility index (Phi) is 5.57. The molecule has 1 aliphatic rings. The molecule has 0 amide bonds. The van der Waals surface area contributed by atoms with Crippen molar-refractivity contribution in [2.75, 3.05) is 18.3 Å². The summed E-state index contributed by atoms with van der Waals surface area (Å²) in [6.07, 6.45) is 6.29. The predicted octanol–water partition coefficient (Wildman–Crippen LogP) is 2.99. The molecule has 0 bridgehead atoms. The van der Waals surface area contributed by atoms with Crippen molar-refractivity contribution < 1.29 is 14.7 Å². The van der Waals surface area contributed by atoms with E-state index < -0.39 is 5.97 Å². The summed E-state index contributed by atoms with van der Waals surface area (Å²) in [4.78, 5) is 20.6. The highest BCUT2D eigenvalue weighted by atomic mass is 16.6. The van der Waals surface area contributed by atoms with Crippen molar-refractivity contribution in [3.8, 4) is 0 Å².